The second-order valence-electron chi connectivity index (χ2n) is 7.80. The Kier molecular flexibility index (Phi) is 4.69. The van der Waals surface area contributed by atoms with Crippen molar-refractivity contribution in [2.75, 3.05) is 0 Å². The fourth-order valence-corrected chi connectivity index (χ4v) is 3.97. The topological polar surface area (TPSA) is 38.3 Å². The van der Waals surface area contributed by atoms with Crippen molar-refractivity contribution in [1.29, 1.82) is 0 Å². The van der Waals surface area contributed by atoms with Crippen LogP contribution in [0.15, 0.2) is 0 Å². The molecular weight excluding hydrogens is 295 g/mol. The number of alkyl carbamates (subject to hydrolysis) is 1. The van der Waals surface area contributed by atoms with Crippen molar-refractivity contribution in [2.24, 2.45) is 11.3 Å². The third-order valence-electron chi connectivity index (χ3n) is 4.92. The Morgan fingerprint density at radius 1 is 1.14 bits per heavy atom. The molecule has 0 heterocycles. The number of halogens is 3. The molecule has 0 aliphatic heterocycles. The number of carbonyl (C=O) groups is 1. The first-order valence-electron chi connectivity index (χ1n) is 8.08. The molecule has 2 aliphatic rings. The van der Waals surface area contributed by atoms with Crippen LogP contribution in [0, 0.1) is 11.3 Å². The van der Waals surface area contributed by atoms with E-state index in [0.717, 1.165) is 32.1 Å². The molecule has 1 spiro atoms. The summed E-state index contributed by atoms with van der Waals surface area (Å²) in [6.07, 6.45) is -0.203. The first-order chi connectivity index (χ1) is 10.0. The van der Waals surface area contributed by atoms with Gasteiger partial charge in [0.15, 0.2) is 0 Å². The maximum Gasteiger partial charge on any atom is 0.407 e. The Balaban J connectivity index is 2.10. The molecule has 0 bridgehead atoms. The minimum absolute atomic E-state index is 0.0251. The van der Waals surface area contributed by atoms with Crippen LogP contribution in [0.3, 0.4) is 0 Å². The van der Waals surface area contributed by atoms with Crippen LogP contribution < -0.4 is 5.32 Å². The highest BCUT2D eigenvalue weighted by Gasteiger charge is 2.55. The van der Waals surface area contributed by atoms with E-state index in [4.69, 9.17) is 4.74 Å². The lowest BCUT2D eigenvalue weighted by Gasteiger charge is -2.39. The highest BCUT2D eigenvalue weighted by Crippen LogP contribution is 2.55. The highest BCUT2D eigenvalue weighted by atomic mass is 19.4. The molecule has 128 valence electrons. The summed E-state index contributed by atoms with van der Waals surface area (Å²) in [5.41, 5.74) is -1.05. The molecule has 0 unspecified atom stereocenters. The van der Waals surface area contributed by atoms with E-state index < -0.39 is 35.2 Å². The van der Waals surface area contributed by atoms with Gasteiger partial charge in [-0.25, -0.2) is 4.79 Å². The molecule has 0 radical (unpaired) electrons. The van der Waals surface area contributed by atoms with Crippen molar-refractivity contribution >= 4 is 6.09 Å². The lowest BCUT2D eigenvalue weighted by Crippen LogP contribution is -2.47. The summed E-state index contributed by atoms with van der Waals surface area (Å²) in [4.78, 5) is 12.0. The number of hydrogen-bond donors (Lipinski definition) is 1. The van der Waals surface area contributed by atoms with E-state index in [1.165, 1.54) is 0 Å². The van der Waals surface area contributed by atoms with E-state index in [2.05, 4.69) is 5.32 Å². The summed E-state index contributed by atoms with van der Waals surface area (Å²) < 4.78 is 44.6. The molecule has 1 N–H and O–H groups in total. The fourth-order valence-electron chi connectivity index (χ4n) is 3.97. The van der Waals surface area contributed by atoms with Gasteiger partial charge in [0.1, 0.15) is 5.60 Å². The Hall–Kier alpha value is -0.940. The molecule has 2 saturated carbocycles. The zero-order chi connectivity index (χ0) is 16.6. The summed E-state index contributed by atoms with van der Waals surface area (Å²) in [6.45, 7) is 5.24. The smallest absolute Gasteiger partial charge is 0.407 e. The lowest BCUT2D eigenvalue weighted by atomic mass is 9.70. The van der Waals surface area contributed by atoms with E-state index in [0.29, 0.717) is 0 Å². The standard InChI is InChI=1S/C16H26F3NO2/c1-14(2,3)22-13(21)20-12-9-11(16(17,18)19)10-15(12)7-5-4-6-8-15/h11-12H,4-10H2,1-3H3,(H,20,21)/t11-,12+/m0/s1. The number of carbonyl (C=O) groups excluding carboxylic acids is 1. The largest absolute Gasteiger partial charge is 0.444 e. The zero-order valence-corrected chi connectivity index (χ0v) is 13.6. The van der Waals surface area contributed by atoms with Crippen LogP contribution >= 0.6 is 0 Å². The van der Waals surface area contributed by atoms with Crippen molar-refractivity contribution in [3.63, 3.8) is 0 Å². The first-order valence-corrected chi connectivity index (χ1v) is 8.08. The van der Waals surface area contributed by atoms with Gasteiger partial charge in [0.25, 0.3) is 0 Å². The molecule has 2 fully saturated rings. The van der Waals surface area contributed by atoms with Crippen LogP contribution in [0.5, 0.6) is 0 Å². The number of hydrogen-bond acceptors (Lipinski definition) is 2. The van der Waals surface area contributed by atoms with Crippen LogP contribution in [0.4, 0.5) is 18.0 Å². The molecule has 0 saturated heterocycles. The van der Waals surface area contributed by atoms with E-state index in [9.17, 15) is 18.0 Å². The van der Waals surface area contributed by atoms with E-state index in [-0.39, 0.29) is 12.8 Å². The predicted octanol–water partition coefficient (Wildman–Crippen LogP) is 4.80. The van der Waals surface area contributed by atoms with Crippen LogP contribution in [0.1, 0.15) is 65.7 Å². The molecular formula is C16H26F3NO2. The molecule has 2 aliphatic carbocycles. The Morgan fingerprint density at radius 2 is 1.73 bits per heavy atom. The van der Waals surface area contributed by atoms with Gasteiger partial charge in [-0.05, 0) is 51.9 Å². The van der Waals surface area contributed by atoms with Gasteiger partial charge in [-0.3, -0.25) is 0 Å². The average Bonchev–Trinajstić information content (AvgIpc) is 2.66. The molecule has 0 aromatic heterocycles. The van der Waals surface area contributed by atoms with Crippen molar-refractivity contribution < 1.29 is 22.7 Å². The Morgan fingerprint density at radius 3 is 2.23 bits per heavy atom. The molecule has 0 aromatic carbocycles. The first kappa shape index (κ1) is 17.4. The van der Waals surface area contributed by atoms with Gasteiger partial charge in [0.05, 0.1) is 5.92 Å². The number of nitrogens with one attached hydrogen (secondary N) is 1. The fraction of sp³-hybridized carbons (Fsp3) is 0.938. The van der Waals surface area contributed by atoms with E-state index >= 15 is 0 Å². The van der Waals surface area contributed by atoms with Gasteiger partial charge in [0.2, 0.25) is 0 Å². The number of ether oxygens (including phenoxy) is 1. The summed E-state index contributed by atoms with van der Waals surface area (Å²) in [7, 11) is 0. The molecule has 0 aromatic rings. The number of amides is 1. The van der Waals surface area contributed by atoms with Crippen molar-refractivity contribution in [2.45, 2.75) is 83.5 Å². The summed E-state index contributed by atoms with van der Waals surface area (Å²) in [6, 6.07) is -0.436. The predicted molar refractivity (Wildman–Crippen MR) is 77.5 cm³/mol. The third-order valence-corrected chi connectivity index (χ3v) is 4.92. The van der Waals surface area contributed by atoms with Crippen molar-refractivity contribution in [3.05, 3.63) is 0 Å². The van der Waals surface area contributed by atoms with Gasteiger partial charge < -0.3 is 10.1 Å². The van der Waals surface area contributed by atoms with Gasteiger partial charge >= 0.3 is 12.3 Å². The van der Waals surface area contributed by atoms with Gasteiger partial charge in [-0.1, -0.05) is 19.3 Å². The van der Waals surface area contributed by atoms with Crippen LogP contribution in [-0.2, 0) is 4.74 Å². The number of alkyl halides is 3. The lowest BCUT2D eigenvalue weighted by molar-refractivity contribution is -0.175. The van der Waals surface area contributed by atoms with Crippen LogP contribution in [0.2, 0.25) is 0 Å². The van der Waals surface area contributed by atoms with E-state index in [1.807, 2.05) is 0 Å². The minimum atomic E-state index is -4.19. The second kappa shape index (κ2) is 5.93. The normalized spacial score (nSPS) is 28.6. The third kappa shape index (κ3) is 4.07. The molecule has 22 heavy (non-hydrogen) atoms. The number of rotatable bonds is 1. The summed E-state index contributed by atoms with van der Waals surface area (Å²) >= 11 is 0. The highest BCUT2D eigenvalue weighted by molar-refractivity contribution is 5.68. The summed E-state index contributed by atoms with van der Waals surface area (Å²) in [5, 5.41) is 2.74. The second-order valence-corrected chi connectivity index (χ2v) is 7.80. The quantitative estimate of drug-likeness (QED) is 0.753. The Bertz CT molecular complexity index is 409. The average molecular weight is 321 g/mol. The molecule has 6 heteroatoms. The summed E-state index contributed by atoms with van der Waals surface area (Å²) in [5.74, 6) is -1.31. The zero-order valence-electron chi connectivity index (χ0n) is 13.6. The monoisotopic (exact) mass is 321 g/mol. The molecule has 3 nitrogen and oxygen atoms in total. The van der Waals surface area contributed by atoms with E-state index in [1.54, 1.807) is 20.8 Å². The van der Waals surface area contributed by atoms with Crippen molar-refractivity contribution in [1.82, 2.24) is 5.32 Å². The molecule has 2 rings (SSSR count). The SMILES string of the molecule is CC(C)(C)OC(=O)N[C@@H]1C[C@H](C(F)(F)F)CC12CCCCC2. The molecule has 1 amide bonds. The Labute approximate surface area is 130 Å². The van der Waals surface area contributed by atoms with Gasteiger partial charge in [-0.15, -0.1) is 0 Å². The maximum atomic E-state index is 13.1. The molecule has 2 atom stereocenters. The minimum Gasteiger partial charge on any atom is -0.444 e. The van der Waals surface area contributed by atoms with Crippen LogP contribution in [-0.4, -0.2) is 23.9 Å². The van der Waals surface area contributed by atoms with Crippen molar-refractivity contribution in [3.8, 4) is 0 Å². The van der Waals surface area contributed by atoms with Crippen LogP contribution in [0.25, 0.3) is 0 Å². The van der Waals surface area contributed by atoms with Gasteiger partial charge in [0, 0.05) is 6.04 Å². The maximum absolute atomic E-state index is 13.1. The van der Waals surface area contributed by atoms with Gasteiger partial charge in [-0.2, -0.15) is 13.2 Å².